The zero-order chi connectivity index (χ0) is 20.3. The Bertz CT molecular complexity index is 701. The molecule has 6 nitrogen and oxygen atoms in total. The van der Waals surface area contributed by atoms with Crippen molar-refractivity contribution in [1.82, 2.24) is 10.3 Å². The number of alkyl halides is 2. The van der Waals surface area contributed by atoms with Gasteiger partial charge in [-0.05, 0) is 25.7 Å². The lowest BCUT2D eigenvalue weighted by atomic mass is 9.83. The van der Waals surface area contributed by atoms with Crippen LogP contribution in [0, 0.1) is 11.8 Å². The molecule has 0 aromatic carbocycles. The van der Waals surface area contributed by atoms with Gasteiger partial charge in [-0.15, -0.1) is 0 Å². The zero-order valence-corrected chi connectivity index (χ0v) is 16.7. The van der Waals surface area contributed by atoms with Gasteiger partial charge in [-0.25, -0.2) is 13.8 Å². The van der Waals surface area contributed by atoms with E-state index in [-0.39, 0.29) is 42.0 Å². The summed E-state index contributed by atoms with van der Waals surface area (Å²) in [5.74, 6) is -2.57. The molecule has 1 N–H and O–H groups in total. The Hall–Kier alpha value is -1.67. The van der Waals surface area contributed by atoms with Crippen LogP contribution in [-0.4, -0.2) is 48.8 Å². The van der Waals surface area contributed by atoms with E-state index in [0.717, 1.165) is 12.8 Å². The number of nitrogens with zero attached hydrogens (tertiary/aromatic N) is 1. The van der Waals surface area contributed by atoms with E-state index in [4.69, 9.17) is 25.8 Å². The summed E-state index contributed by atoms with van der Waals surface area (Å²) in [4.78, 5) is 15.1. The van der Waals surface area contributed by atoms with E-state index in [0.29, 0.717) is 24.9 Å². The fourth-order valence-electron chi connectivity index (χ4n) is 3.07. The molecule has 0 spiro atoms. The molecular formula is C19H25ClF2N2O4. The molecule has 0 saturated heterocycles. The van der Waals surface area contributed by atoms with E-state index in [9.17, 15) is 13.6 Å². The molecular weight excluding hydrogens is 394 g/mol. The molecule has 2 atom stereocenters. The van der Waals surface area contributed by atoms with Crippen LogP contribution in [0.25, 0.3) is 0 Å². The first-order chi connectivity index (χ1) is 13.2. The summed E-state index contributed by atoms with van der Waals surface area (Å²) in [6, 6.07) is 1.52. The lowest BCUT2D eigenvalue weighted by molar-refractivity contribution is -0.120. The number of ether oxygens (including phenoxy) is 3. The fourth-order valence-corrected chi connectivity index (χ4v) is 3.29. The van der Waals surface area contributed by atoms with Gasteiger partial charge in [0.2, 0.25) is 11.8 Å². The summed E-state index contributed by atoms with van der Waals surface area (Å²) in [7, 11) is 0. The molecule has 2 saturated carbocycles. The van der Waals surface area contributed by atoms with Crippen molar-refractivity contribution in [3.8, 4) is 11.6 Å². The first kappa shape index (κ1) is 21.0. The minimum Gasteiger partial charge on any atom is -0.491 e. The van der Waals surface area contributed by atoms with Gasteiger partial charge in [-0.1, -0.05) is 11.6 Å². The predicted octanol–water partition coefficient (Wildman–Crippen LogP) is 3.47. The molecule has 1 unspecified atom stereocenters. The number of carbonyl (C=O) groups is 1. The van der Waals surface area contributed by atoms with Crippen LogP contribution in [-0.2, 0) is 9.53 Å². The first-order valence-corrected chi connectivity index (χ1v) is 9.79. The number of pyridine rings is 1. The summed E-state index contributed by atoms with van der Waals surface area (Å²) in [5, 5.41) is 2.97. The third kappa shape index (κ3) is 5.67. The van der Waals surface area contributed by atoms with E-state index < -0.39 is 11.8 Å². The number of hydrogen-bond acceptors (Lipinski definition) is 5. The second-order valence-corrected chi connectivity index (χ2v) is 7.98. The van der Waals surface area contributed by atoms with Crippen molar-refractivity contribution in [2.75, 3.05) is 19.8 Å². The predicted molar refractivity (Wildman–Crippen MR) is 99.0 cm³/mol. The smallest absolute Gasteiger partial charge is 0.255 e. The second-order valence-electron chi connectivity index (χ2n) is 7.61. The number of amides is 1. The fraction of sp³-hybridized carbons (Fsp3) is 0.684. The van der Waals surface area contributed by atoms with Gasteiger partial charge in [0.05, 0.1) is 31.8 Å². The molecule has 2 aliphatic carbocycles. The molecule has 3 rings (SSSR count). The molecule has 2 fully saturated rings. The van der Waals surface area contributed by atoms with Gasteiger partial charge in [0, 0.05) is 31.6 Å². The Labute approximate surface area is 167 Å². The van der Waals surface area contributed by atoms with Crippen molar-refractivity contribution in [3.05, 3.63) is 17.3 Å². The molecule has 1 heterocycles. The van der Waals surface area contributed by atoms with Crippen LogP contribution >= 0.6 is 11.6 Å². The molecule has 156 valence electrons. The molecule has 0 radical (unpaired) electrons. The SMILES string of the molecule is CC(=O)N[C@@H](C)CO[C@H]1C[C@H](COc2nccc(OCC3CC3(F)F)c2Cl)C1. The number of carbonyl (C=O) groups excluding carboxylic acids is 1. The van der Waals surface area contributed by atoms with Gasteiger partial charge in [0.1, 0.15) is 10.8 Å². The Balaban J connectivity index is 1.36. The van der Waals surface area contributed by atoms with E-state index >= 15 is 0 Å². The number of rotatable bonds is 10. The van der Waals surface area contributed by atoms with Gasteiger partial charge in [-0.2, -0.15) is 0 Å². The highest BCUT2D eigenvalue weighted by Crippen LogP contribution is 2.49. The van der Waals surface area contributed by atoms with Crippen LogP contribution in [0.15, 0.2) is 12.3 Å². The molecule has 28 heavy (non-hydrogen) atoms. The van der Waals surface area contributed by atoms with Crippen LogP contribution in [0.5, 0.6) is 11.6 Å². The molecule has 2 aliphatic rings. The van der Waals surface area contributed by atoms with Crippen molar-refractivity contribution in [1.29, 1.82) is 0 Å². The van der Waals surface area contributed by atoms with Gasteiger partial charge in [0.15, 0.2) is 0 Å². The molecule has 9 heteroatoms. The number of aromatic nitrogens is 1. The summed E-state index contributed by atoms with van der Waals surface area (Å²) in [5.41, 5.74) is 0. The number of halogens is 3. The maximum atomic E-state index is 12.9. The van der Waals surface area contributed by atoms with Crippen molar-refractivity contribution in [3.63, 3.8) is 0 Å². The van der Waals surface area contributed by atoms with Crippen LogP contribution in [0.4, 0.5) is 8.78 Å². The zero-order valence-electron chi connectivity index (χ0n) is 15.9. The van der Waals surface area contributed by atoms with Gasteiger partial charge in [0.25, 0.3) is 5.92 Å². The Morgan fingerprint density at radius 3 is 2.75 bits per heavy atom. The van der Waals surface area contributed by atoms with Crippen LogP contribution < -0.4 is 14.8 Å². The largest absolute Gasteiger partial charge is 0.491 e. The quantitative estimate of drug-likeness (QED) is 0.630. The Kier molecular flexibility index (Phi) is 6.60. The minimum atomic E-state index is -2.62. The Morgan fingerprint density at radius 1 is 1.39 bits per heavy atom. The second kappa shape index (κ2) is 8.78. The molecule has 0 aliphatic heterocycles. The van der Waals surface area contributed by atoms with Crippen molar-refractivity contribution in [2.24, 2.45) is 11.8 Å². The molecule has 1 aromatic rings. The monoisotopic (exact) mass is 418 g/mol. The third-order valence-corrected chi connectivity index (χ3v) is 5.25. The van der Waals surface area contributed by atoms with Crippen LogP contribution in [0.1, 0.15) is 33.1 Å². The number of nitrogens with one attached hydrogen (secondary N) is 1. The average molecular weight is 419 g/mol. The summed E-state index contributed by atoms with van der Waals surface area (Å²) in [6.07, 6.45) is 3.21. The molecule has 0 bridgehead atoms. The molecule has 1 amide bonds. The lowest BCUT2D eigenvalue weighted by Crippen LogP contribution is -2.40. The summed E-state index contributed by atoms with van der Waals surface area (Å²) < 4.78 is 42.7. The topological polar surface area (TPSA) is 69.7 Å². The normalized spacial score (nSPS) is 26.1. The number of hydrogen-bond donors (Lipinski definition) is 1. The maximum absolute atomic E-state index is 12.9. The maximum Gasteiger partial charge on any atom is 0.255 e. The first-order valence-electron chi connectivity index (χ1n) is 9.41. The Morgan fingerprint density at radius 2 is 2.11 bits per heavy atom. The summed E-state index contributed by atoms with van der Waals surface area (Å²) >= 11 is 6.22. The average Bonchev–Trinajstić information content (AvgIpc) is 3.19. The van der Waals surface area contributed by atoms with E-state index in [1.807, 2.05) is 6.92 Å². The van der Waals surface area contributed by atoms with Crippen molar-refractivity contribution < 1.29 is 27.8 Å². The third-order valence-electron chi connectivity index (χ3n) is 4.90. The lowest BCUT2D eigenvalue weighted by Gasteiger charge is -2.35. The van der Waals surface area contributed by atoms with E-state index in [1.54, 1.807) is 6.07 Å². The highest BCUT2D eigenvalue weighted by molar-refractivity contribution is 6.33. The highest BCUT2D eigenvalue weighted by atomic mass is 35.5. The van der Waals surface area contributed by atoms with E-state index in [1.165, 1.54) is 13.1 Å². The highest BCUT2D eigenvalue weighted by Gasteiger charge is 2.57. The van der Waals surface area contributed by atoms with Crippen LogP contribution in [0.3, 0.4) is 0 Å². The molecule has 1 aromatic heterocycles. The van der Waals surface area contributed by atoms with Gasteiger partial charge >= 0.3 is 0 Å². The van der Waals surface area contributed by atoms with Gasteiger partial charge < -0.3 is 19.5 Å². The summed E-state index contributed by atoms with van der Waals surface area (Å²) in [6.45, 7) is 4.22. The van der Waals surface area contributed by atoms with Gasteiger partial charge in [-0.3, -0.25) is 4.79 Å². The van der Waals surface area contributed by atoms with E-state index in [2.05, 4.69) is 10.3 Å². The van der Waals surface area contributed by atoms with Crippen LogP contribution in [0.2, 0.25) is 5.02 Å². The van der Waals surface area contributed by atoms with Crippen molar-refractivity contribution in [2.45, 2.75) is 51.2 Å². The standard InChI is InChI=1S/C19H25ClF2N2O4/c1-11(24-12(2)25)8-26-15-5-13(6-15)9-28-18-17(20)16(3-4-23-18)27-10-14-7-19(14,21)22/h3-4,11,13-15H,5-10H2,1-2H3,(H,24,25)/t11-,13-,14?,15-/m0/s1. The van der Waals surface area contributed by atoms with Crippen molar-refractivity contribution >= 4 is 17.5 Å². The minimum absolute atomic E-state index is 0.0193.